The number of aromatic nitrogens is 3. The van der Waals surface area contributed by atoms with E-state index in [1.807, 2.05) is 6.07 Å². The Bertz CT molecular complexity index is 533. The van der Waals surface area contributed by atoms with E-state index >= 15 is 0 Å². The van der Waals surface area contributed by atoms with E-state index in [9.17, 15) is 5.11 Å². The van der Waals surface area contributed by atoms with Crippen LogP contribution in [0.1, 0.15) is 36.6 Å². The molecule has 0 aliphatic heterocycles. The summed E-state index contributed by atoms with van der Waals surface area (Å²) in [6.45, 7) is -0.0413. The van der Waals surface area contributed by atoms with Crippen molar-refractivity contribution < 1.29 is 5.11 Å². The summed E-state index contributed by atoms with van der Waals surface area (Å²) >= 11 is 5.84. The van der Waals surface area contributed by atoms with Gasteiger partial charge in [0.2, 0.25) is 0 Å². The summed E-state index contributed by atoms with van der Waals surface area (Å²) in [5, 5.41) is 14.0. The van der Waals surface area contributed by atoms with Crippen LogP contribution in [0.5, 0.6) is 0 Å². The summed E-state index contributed by atoms with van der Waals surface area (Å²) in [5.74, 6) is 0.489. The summed E-state index contributed by atoms with van der Waals surface area (Å²) in [5.41, 5.74) is 2.53. The number of hydrogen-bond acceptors (Lipinski definition) is 3. The van der Waals surface area contributed by atoms with Gasteiger partial charge in [0.15, 0.2) is 5.65 Å². The van der Waals surface area contributed by atoms with Crippen molar-refractivity contribution in [3.63, 3.8) is 0 Å². The van der Waals surface area contributed by atoms with E-state index in [0.717, 1.165) is 29.9 Å². The molecule has 0 amide bonds. The molecule has 2 aromatic heterocycles. The van der Waals surface area contributed by atoms with Gasteiger partial charge in [0.1, 0.15) is 5.15 Å². The lowest BCUT2D eigenvalue weighted by Crippen LogP contribution is -2.12. The molecular weight excluding hydrogens is 226 g/mol. The van der Waals surface area contributed by atoms with Crippen molar-refractivity contribution in [2.45, 2.75) is 31.8 Å². The molecule has 0 radical (unpaired) electrons. The molecule has 0 aromatic carbocycles. The molecule has 5 heteroatoms. The van der Waals surface area contributed by atoms with Gasteiger partial charge in [-0.05, 0) is 25.0 Å². The lowest BCUT2D eigenvalue weighted by atomic mass is 9.82. The third-order valence-corrected chi connectivity index (χ3v) is 3.41. The highest BCUT2D eigenvalue weighted by Gasteiger charge is 2.26. The molecule has 2 heterocycles. The average Bonchev–Trinajstić information content (AvgIpc) is 2.52. The van der Waals surface area contributed by atoms with Gasteiger partial charge in [0, 0.05) is 5.92 Å². The first-order valence-electron chi connectivity index (χ1n) is 5.44. The highest BCUT2D eigenvalue weighted by Crippen LogP contribution is 2.37. The van der Waals surface area contributed by atoms with Gasteiger partial charge in [-0.15, -0.1) is 0 Å². The van der Waals surface area contributed by atoms with Crippen LogP contribution in [0, 0.1) is 0 Å². The Morgan fingerprint density at radius 1 is 1.44 bits per heavy atom. The van der Waals surface area contributed by atoms with Gasteiger partial charge in [-0.3, -0.25) is 0 Å². The zero-order chi connectivity index (χ0) is 11.1. The van der Waals surface area contributed by atoms with E-state index in [4.69, 9.17) is 11.6 Å². The van der Waals surface area contributed by atoms with Crippen molar-refractivity contribution in [2.75, 3.05) is 0 Å². The zero-order valence-corrected chi connectivity index (χ0v) is 9.48. The summed E-state index contributed by atoms with van der Waals surface area (Å²) < 4.78 is 1.65. The van der Waals surface area contributed by atoms with Crippen LogP contribution in [0.25, 0.3) is 5.65 Å². The molecule has 84 valence electrons. The molecule has 0 unspecified atom stereocenters. The molecule has 0 bridgehead atoms. The Labute approximate surface area is 97.9 Å². The van der Waals surface area contributed by atoms with Crippen molar-refractivity contribution in [2.24, 2.45) is 0 Å². The highest BCUT2D eigenvalue weighted by molar-refractivity contribution is 6.29. The van der Waals surface area contributed by atoms with Gasteiger partial charge in [0.05, 0.1) is 18.0 Å². The molecule has 0 spiro atoms. The van der Waals surface area contributed by atoms with Crippen LogP contribution in [0.3, 0.4) is 0 Å². The molecule has 3 rings (SSSR count). The highest BCUT2D eigenvalue weighted by atomic mass is 35.5. The first-order valence-corrected chi connectivity index (χ1v) is 5.82. The molecule has 1 N–H and O–H groups in total. The van der Waals surface area contributed by atoms with Gasteiger partial charge >= 0.3 is 0 Å². The van der Waals surface area contributed by atoms with Crippen molar-refractivity contribution in [1.29, 1.82) is 0 Å². The van der Waals surface area contributed by atoms with Crippen molar-refractivity contribution in [3.8, 4) is 0 Å². The normalized spacial score (nSPS) is 16.6. The van der Waals surface area contributed by atoms with Crippen molar-refractivity contribution >= 4 is 17.2 Å². The summed E-state index contributed by atoms with van der Waals surface area (Å²) in [6.07, 6.45) is 3.56. The average molecular weight is 238 g/mol. The van der Waals surface area contributed by atoms with Crippen molar-refractivity contribution in [3.05, 3.63) is 28.7 Å². The van der Waals surface area contributed by atoms with Gasteiger partial charge in [-0.25, -0.2) is 9.50 Å². The van der Waals surface area contributed by atoms with E-state index in [2.05, 4.69) is 10.1 Å². The maximum atomic E-state index is 9.42. The van der Waals surface area contributed by atoms with Gasteiger partial charge in [-0.2, -0.15) is 5.10 Å². The summed E-state index contributed by atoms with van der Waals surface area (Å²) in [6, 6.07) is 3.55. The van der Waals surface area contributed by atoms with E-state index in [1.54, 1.807) is 10.6 Å². The second-order valence-electron chi connectivity index (χ2n) is 4.16. The van der Waals surface area contributed by atoms with E-state index < -0.39 is 0 Å². The van der Waals surface area contributed by atoms with Crippen LogP contribution in [0.4, 0.5) is 0 Å². The SMILES string of the molecule is OCc1c(C2CCC2)nc2ccc(Cl)nn12. The third-order valence-electron chi connectivity index (χ3n) is 3.21. The Morgan fingerprint density at radius 2 is 2.25 bits per heavy atom. The number of halogens is 1. The van der Waals surface area contributed by atoms with E-state index in [-0.39, 0.29) is 6.61 Å². The molecule has 1 fully saturated rings. The molecule has 1 aliphatic rings. The topological polar surface area (TPSA) is 50.4 Å². The molecule has 0 saturated heterocycles. The predicted octanol–water partition coefficient (Wildman–Crippen LogP) is 2.14. The number of fused-ring (bicyclic) bond motifs is 1. The van der Waals surface area contributed by atoms with E-state index in [0.29, 0.717) is 11.1 Å². The molecule has 1 saturated carbocycles. The number of aliphatic hydroxyl groups excluding tert-OH is 1. The van der Waals surface area contributed by atoms with Crippen LogP contribution in [-0.4, -0.2) is 19.7 Å². The quantitative estimate of drug-likeness (QED) is 0.871. The number of nitrogens with zero attached hydrogens (tertiary/aromatic N) is 3. The largest absolute Gasteiger partial charge is 0.390 e. The Balaban J connectivity index is 2.20. The molecule has 4 nitrogen and oxygen atoms in total. The van der Waals surface area contributed by atoms with Crippen molar-refractivity contribution in [1.82, 2.24) is 14.6 Å². The fourth-order valence-electron chi connectivity index (χ4n) is 2.13. The molecule has 16 heavy (non-hydrogen) atoms. The first kappa shape index (κ1) is 10.1. The minimum Gasteiger partial charge on any atom is -0.390 e. The smallest absolute Gasteiger partial charge is 0.154 e. The van der Waals surface area contributed by atoms with Gasteiger partial charge in [0.25, 0.3) is 0 Å². The Morgan fingerprint density at radius 3 is 2.88 bits per heavy atom. The third kappa shape index (κ3) is 1.41. The fraction of sp³-hybridized carbons (Fsp3) is 0.455. The zero-order valence-electron chi connectivity index (χ0n) is 8.73. The molecular formula is C11H12ClN3O. The van der Waals surface area contributed by atoms with Crippen LogP contribution in [0.2, 0.25) is 5.15 Å². The van der Waals surface area contributed by atoms with Crippen LogP contribution < -0.4 is 0 Å². The molecule has 1 aliphatic carbocycles. The first-order chi connectivity index (χ1) is 7.79. The monoisotopic (exact) mass is 237 g/mol. The fourth-order valence-corrected chi connectivity index (χ4v) is 2.27. The van der Waals surface area contributed by atoms with Crippen LogP contribution in [-0.2, 0) is 6.61 Å². The maximum Gasteiger partial charge on any atom is 0.154 e. The minimum absolute atomic E-state index is 0.0413. The Hall–Kier alpha value is -1.13. The standard InChI is InChI=1S/C11H12ClN3O/c12-9-4-5-10-13-11(7-2-1-3-7)8(6-16)15(10)14-9/h4-5,7,16H,1-3,6H2. The lowest BCUT2D eigenvalue weighted by molar-refractivity contribution is 0.269. The number of rotatable bonds is 2. The number of aliphatic hydroxyl groups is 1. The second-order valence-corrected chi connectivity index (χ2v) is 4.54. The minimum atomic E-state index is -0.0413. The summed E-state index contributed by atoms with van der Waals surface area (Å²) in [7, 11) is 0. The molecule has 0 atom stereocenters. The van der Waals surface area contributed by atoms with Gasteiger partial charge < -0.3 is 5.11 Å². The van der Waals surface area contributed by atoms with E-state index in [1.165, 1.54) is 6.42 Å². The lowest BCUT2D eigenvalue weighted by Gasteiger charge is -2.24. The predicted molar refractivity (Wildman–Crippen MR) is 60.5 cm³/mol. The molecule has 2 aromatic rings. The maximum absolute atomic E-state index is 9.42. The Kier molecular flexibility index (Phi) is 2.33. The number of imidazole rings is 1. The van der Waals surface area contributed by atoms with Gasteiger partial charge in [-0.1, -0.05) is 18.0 Å². The second kappa shape index (κ2) is 3.71. The van der Waals surface area contributed by atoms with Crippen LogP contribution in [0.15, 0.2) is 12.1 Å². The number of hydrogen-bond donors (Lipinski definition) is 1. The van der Waals surface area contributed by atoms with Crippen LogP contribution >= 0.6 is 11.6 Å². The summed E-state index contributed by atoms with van der Waals surface area (Å²) in [4.78, 5) is 4.53.